The van der Waals surface area contributed by atoms with E-state index in [1.54, 1.807) is 18.4 Å². The summed E-state index contributed by atoms with van der Waals surface area (Å²) in [5.41, 5.74) is 2.36. The van der Waals surface area contributed by atoms with Crippen molar-refractivity contribution in [3.63, 3.8) is 0 Å². The molecule has 1 fully saturated rings. The molecule has 1 aliphatic rings. The van der Waals surface area contributed by atoms with E-state index in [1.807, 2.05) is 19.1 Å². The van der Waals surface area contributed by atoms with Crippen LogP contribution in [-0.4, -0.2) is 68.9 Å². The van der Waals surface area contributed by atoms with Crippen molar-refractivity contribution >= 4 is 17.3 Å². The van der Waals surface area contributed by atoms with E-state index < -0.39 is 0 Å². The Balaban J connectivity index is 1.61. The summed E-state index contributed by atoms with van der Waals surface area (Å²) in [4.78, 5) is 11.9. The van der Waals surface area contributed by atoms with Crippen LogP contribution in [0.15, 0.2) is 34.6 Å². The number of hydrogen-bond donors (Lipinski definition) is 2. The lowest BCUT2D eigenvalue weighted by Crippen LogP contribution is -2.42. The number of methoxy groups -OCH3 is 1. The van der Waals surface area contributed by atoms with Gasteiger partial charge >= 0.3 is 0 Å². The Morgan fingerprint density at radius 1 is 1.26 bits per heavy atom. The number of aliphatic imine (C=N–C) groups is 1. The Morgan fingerprint density at radius 2 is 2.03 bits per heavy atom. The number of nitrogens with zero attached hydrogens (tertiary/aromatic N) is 3. The van der Waals surface area contributed by atoms with Crippen LogP contribution in [0.2, 0.25) is 0 Å². The van der Waals surface area contributed by atoms with Crippen LogP contribution in [0.25, 0.3) is 0 Å². The normalized spacial score (nSPS) is 16.2. The molecule has 1 atom stereocenters. The van der Waals surface area contributed by atoms with Gasteiger partial charge in [0.1, 0.15) is 5.75 Å². The van der Waals surface area contributed by atoms with Crippen molar-refractivity contribution in [2.75, 3.05) is 53.0 Å². The number of morpholine rings is 1. The highest BCUT2D eigenvalue weighted by molar-refractivity contribution is 7.09. The van der Waals surface area contributed by atoms with Crippen LogP contribution in [-0.2, 0) is 11.2 Å². The number of ether oxygens (including phenoxy) is 2. The second-order valence-electron chi connectivity index (χ2n) is 7.57. The monoisotopic (exact) mass is 445 g/mol. The highest BCUT2D eigenvalue weighted by atomic mass is 32.1. The molecular weight excluding hydrogens is 410 g/mol. The van der Waals surface area contributed by atoms with Gasteiger partial charge in [0.2, 0.25) is 0 Å². The predicted octanol–water partition coefficient (Wildman–Crippen LogP) is 3.02. The predicted molar refractivity (Wildman–Crippen MR) is 127 cm³/mol. The third-order valence-electron chi connectivity index (χ3n) is 5.28. The number of nitrogens with one attached hydrogen (secondary N) is 2. The highest BCUT2D eigenvalue weighted by Crippen LogP contribution is 2.24. The Hall–Kier alpha value is -2.16. The fraction of sp³-hybridized carbons (Fsp3) is 0.565. The number of rotatable bonds is 10. The molecule has 3 rings (SSSR count). The Bertz CT molecular complexity index is 803. The lowest BCUT2D eigenvalue weighted by atomic mass is 10.0. The van der Waals surface area contributed by atoms with E-state index in [-0.39, 0.29) is 6.04 Å². The fourth-order valence-electron chi connectivity index (χ4n) is 3.63. The van der Waals surface area contributed by atoms with Crippen LogP contribution in [0.3, 0.4) is 0 Å². The number of guanidine groups is 1. The summed E-state index contributed by atoms with van der Waals surface area (Å²) in [6.07, 6.45) is 2.02. The first-order valence-electron chi connectivity index (χ1n) is 11.1. The molecular formula is C23H35N5O2S. The Kier molecular flexibility index (Phi) is 9.58. The molecule has 0 spiro atoms. The van der Waals surface area contributed by atoms with Gasteiger partial charge < -0.3 is 20.1 Å². The molecule has 0 aliphatic carbocycles. The molecule has 1 aromatic heterocycles. The van der Waals surface area contributed by atoms with E-state index in [1.165, 1.54) is 10.6 Å². The van der Waals surface area contributed by atoms with Crippen molar-refractivity contribution in [1.82, 2.24) is 20.5 Å². The van der Waals surface area contributed by atoms with Crippen molar-refractivity contribution in [2.45, 2.75) is 32.7 Å². The first-order chi connectivity index (χ1) is 15.2. The van der Waals surface area contributed by atoms with E-state index in [4.69, 9.17) is 14.5 Å². The third kappa shape index (κ3) is 7.48. The van der Waals surface area contributed by atoms with Gasteiger partial charge in [-0.3, -0.25) is 9.89 Å². The zero-order valence-electron chi connectivity index (χ0n) is 18.9. The first-order valence-corrected chi connectivity index (χ1v) is 12.0. The topological polar surface area (TPSA) is 71.0 Å². The zero-order valence-corrected chi connectivity index (χ0v) is 19.7. The molecule has 0 amide bonds. The van der Waals surface area contributed by atoms with E-state index >= 15 is 0 Å². The standard InChI is InChI=1S/C23H35N5O2S/c1-4-24-23(25-11-5-6-22-27-18(2)17-31-22)26-16-21(28-12-14-30-15-13-28)19-7-9-20(29-3)10-8-19/h7-10,17,21H,4-6,11-16H2,1-3H3,(H2,24,25,26). The van der Waals surface area contributed by atoms with Crippen molar-refractivity contribution in [1.29, 1.82) is 0 Å². The van der Waals surface area contributed by atoms with E-state index in [0.717, 1.165) is 69.6 Å². The molecule has 1 saturated heterocycles. The Labute approximate surface area is 189 Å². The van der Waals surface area contributed by atoms with E-state index in [2.05, 4.69) is 45.0 Å². The van der Waals surface area contributed by atoms with Gasteiger partial charge in [0.25, 0.3) is 0 Å². The SMILES string of the molecule is CCNC(=NCC(c1ccc(OC)cc1)N1CCOCC1)NCCCc1nc(C)cs1. The molecule has 7 nitrogen and oxygen atoms in total. The second-order valence-corrected chi connectivity index (χ2v) is 8.51. The molecule has 8 heteroatoms. The van der Waals surface area contributed by atoms with Gasteiger partial charge in [-0.15, -0.1) is 11.3 Å². The minimum atomic E-state index is 0.212. The average molecular weight is 446 g/mol. The van der Waals surface area contributed by atoms with E-state index in [0.29, 0.717) is 6.54 Å². The lowest BCUT2D eigenvalue weighted by Gasteiger charge is -2.34. The minimum absolute atomic E-state index is 0.212. The minimum Gasteiger partial charge on any atom is -0.497 e. The van der Waals surface area contributed by atoms with Gasteiger partial charge in [-0.1, -0.05) is 12.1 Å². The maximum absolute atomic E-state index is 5.56. The molecule has 0 saturated carbocycles. The van der Waals surface area contributed by atoms with Gasteiger partial charge in [-0.2, -0.15) is 0 Å². The molecule has 0 bridgehead atoms. The second kappa shape index (κ2) is 12.6. The number of thiazole rings is 1. The van der Waals surface area contributed by atoms with Crippen molar-refractivity contribution in [3.05, 3.63) is 45.9 Å². The number of benzene rings is 1. The molecule has 170 valence electrons. The molecule has 1 unspecified atom stereocenters. The summed E-state index contributed by atoms with van der Waals surface area (Å²) in [6, 6.07) is 8.55. The average Bonchev–Trinajstić information content (AvgIpc) is 3.22. The van der Waals surface area contributed by atoms with Gasteiger partial charge in [0.15, 0.2) is 5.96 Å². The first kappa shape index (κ1) is 23.5. The third-order valence-corrected chi connectivity index (χ3v) is 6.31. The zero-order chi connectivity index (χ0) is 21.9. The van der Waals surface area contributed by atoms with Crippen LogP contribution in [0.1, 0.15) is 35.7 Å². The molecule has 2 aromatic rings. The molecule has 2 N–H and O–H groups in total. The maximum atomic E-state index is 5.56. The number of aromatic nitrogens is 1. The van der Waals surface area contributed by atoms with Crippen LogP contribution < -0.4 is 15.4 Å². The molecule has 0 radical (unpaired) electrons. The summed E-state index contributed by atoms with van der Waals surface area (Å²) < 4.78 is 10.9. The molecule has 2 heterocycles. The smallest absolute Gasteiger partial charge is 0.191 e. The van der Waals surface area contributed by atoms with Crippen molar-refractivity contribution in [3.8, 4) is 5.75 Å². The summed E-state index contributed by atoms with van der Waals surface area (Å²) in [7, 11) is 1.70. The van der Waals surface area contributed by atoms with Gasteiger partial charge in [0.05, 0.1) is 37.9 Å². The van der Waals surface area contributed by atoms with E-state index in [9.17, 15) is 0 Å². The number of aryl methyl sites for hydroxylation is 2. The Morgan fingerprint density at radius 3 is 2.68 bits per heavy atom. The fourth-order valence-corrected chi connectivity index (χ4v) is 4.45. The summed E-state index contributed by atoms with van der Waals surface area (Å²) in [5, 5.41) is 10.2. The van der Waals surface area contributed by atoms with Gasteiger partial charge in [-0.25, -0.2) is 4.98 Å². The van der Waals surface area contributed by atoms with Gasteiger partial charge in [0, 0.05) is 43.7 Å². The molecule has 1 aromatic carbocycles. The highest BCUT2D eigenvalue weighted by Gasteiger charge is 2.22. The van der Waals surface area contributed by atoms with Crippen LogP contribution in [0.5, 0.6) is 5.75 Å². The largest absolute Gasteiger partial charge is 0.497 e. The van der Waals surface area contributed by atoms with Crippen molar-refractivity contribution < 1.29 is 9.47 Å². The lowest BCUT2D eigenvalue weighted by molar-refractivity contribution is 0.0179. The quantitative estimate of drug-likeness (QED) is 0.333. The maximum Gasteiger partial charge on any atom is 0.191 e. The summed E-state index contributed by atoms with van der Waals surface area (Å²) in [6.45, 7) is 9.91. The summed E-state index contributed by atoms with van der Waals surface area (Å²) in [5.74, 6) is 1.74. The van der Waals surface area contributed by atoms with Crippen molar-refractivity contribution in [2.24, 2.45) is 4.99 Å². The number of hydrogen-bond acceptors (Lipinski definition) is 6. The molecule has 1 aliphatic heterocycles. The summed E-state index contributed by atoms with van der Waals surface area (Å²) >= 11 is 1.74. The molecule has 31 heavy (non-hydrogen) atoms. The van der Waals surface area contributed by atoms with Crippen LogP contribution >= 0.6 is 11.3 Å². The van der Waals surface area contributed by atoms with Crippen LogP contribution in [0, 0.1) is 6.92 Å². The van der Waals surface area contributed by atoms with Gasteiger partial charge in [-0.05, 0) is 38.0 Å². The van der Waals surface area contributed by atoms with Crippen LogP contribution in [0.4, 0.5) is 0 Å².